The van der Waals surface area contributed by atoms with E-state index < -0.39 is 0 Å². The van der Waals surface area contributed by atoms with Crippen LogP contribution in [0.15, 0.2) is 34.2 Å². The third-order valence-electron chi connectivity index (χ3n) is 4.15. The van der Waals surface area contributed by atoms with Crippen LogP contribution < -0.4 is 10.9 Å². The Morgan fingerprint density at radius 1 is 1.27 bits per heavy atom. The van der Waals surface area contributed by atoms with E-state index in [2.05, 4.69) is 15.3 Å². The van der Waals surface area contributed by atoms with Crippen molar-refractivity contribution < 1.29 is 4.79 Å². The van der Waals surface area contributed by atoms with E-state index in [0.29, 0.717) is 22.7 Å². The molecule has 0 radical (unpaired) electrons. The largest absolute Gasteiger partial charge is 0.353 e. The van der Waals surface area contributed by atoms with Gasteiger partial charge in [-0.1, -0.05) is 23.9 Å². The molecule has 0 fully saturated rings. The van der Waals surface area contributed by atoms with Gasteiger partial charge in [0.1, 0.15) is 5.52 Å². The minimum Gasteiger partial charge on any atom is -0.353 e. The summed E-state index contributed by atoms with van der Waals surface area (Å²) in [6.07, 6.45) is 0. The van der Waals surface area contributed by atoms with Crippen LogP contribution in [0, 0.1) is 20.8 Å². The van der Waals surface area contributed by atoms with E-state index in [1.165, 1.54) is 11.8 Å². The van der Waals surface area contributed by atoms with Gasteiger partial charge >= 0.3 is 0 Å². The average molecular weight is 370 g/mol. The molecule has 0 aliphatic carbocycles. The summed E-state index contributed by atoms with van der Waals surface area (Å²) in [5, 5.41) is 3.49. The standard InChI is InChI=1S/C19H22N4O2S/c1-5-23-18(25)17-15(9-13(4)20-17)22-19(23)26-10-16(24)21-14-8-11(2)6-7-12(14)3/h6-9,20H,5,10H2,1-4H3,(H,21,24). The van der Waals surface area contributed by atoms with Crippen LogP contribution in [-0.2, 0) is 11.3 Å². The molecule has 1 aromatic carbocycles. The number of aryl methyl sites for hydroxylation is 3. The number of H-pyrrole nitrogens is 1. The molecule has 0 aliphatic heterocycles. The zero-order valence-corrected chi connectivity index (χ0v) is 16.2. The summed E-state index contributed by atoms with van der Waals surface area (Å²) in [7, 11) is 0. The molecule has 1 amide bonds. The first-order chi connectivity index (χ1) is 12.4. The number of nitrogens with one attached hydrogen (secondary N) is 2. The van der Waals surface area contributed by atoms with E-state index in [1.54, 1.807) is 4.57 Å². The fraction of sp³-hybridized carbons (Fsp3) is 0.316. The number of nitrogens with zero attached hydrogens (tertiary/aromatic N) is 2. The molecule has 136 valence electrons. The first-order valence-electron chi connectivity index (χ1n) is 8.49. The summed E-state index contributed by atoms with van der Waals surface area (Å²) in [4.78, 5) is 32.5. The highest BCUT2D eigenvalue weighted by Gasteiger charge is 2.14. The predicted molar refractivity (Wildman–Crippen MR) is 106 cm³/mol. The summed E-state index contributed by atoms with van der Waals surface area (Å²) in [5.74, 6) is 0.0697. The number of carbonyl (C=O) groups excluding carboxylic acids is 1. The number of aromatic amines is 1. The van der Waals surface area contributed by atoms with Gasteiger partial charge in [-0.05, 0) is 51.0 Å². The normalized spacial score (nSPS) is 11.1. The molecule has 2 heterocycles. The number of rotatable bonds is 5. The van der Waals surface area contributed by atoms with Gasteiger partial charge in [-0.15, -0.1) is 0 Å². The van der Waals surface area contributed by atoms with Crippen LogP contribution in [0.5, 0.6) is 0 Å². The Morgan fingerprint density at radius 3 is 2.77 bits per heavy atom. The van der Waals surface area contributed by atoms with Crippen molar-refractivity contribution >= 4 is 34.4 Å². The topological polar surface area (TPSA) is 79.8 Å². The average Bonchev–Trinajstić information content (AvgIpc) is 2.97. The molecule has 0 saturated heterocycles. The van der Waals surface area contributed by atoms with E-state index in [4.69, 9.17) is 0 Å². The smallest absolute Gasteiger partial charge is 0.278 e. The number of amides is 1. The van der Waals surface area contributed by atoms with Gasteiger partial charge in [-0.2, -0.15) is 0 Å². The zero-order chi connectivity index (χ0) is 18.8. The molecule has 2 aromatic heterocycles. The molecule has 0 unspecified atom stereocenters. The summed E-state index contributed by atoms with van der Waals surface area (Å²) in [6.45, 7) is 8.23. The molecule has 3 aromatic rings. The van der Waals surface area contributed by atoms with Crippen molar-refractivity contribution in [2.45, 2.75) is 39.4 Å². The summed E-state index contributed by atoms with van der Waals surface area (Å²) >= 11 is 1.27. The fourth-order valence-electron chi connectivity index (χ4n) is 2.79. The quantitative estimate of drug-likeness (QED) is 0.533. The van der Waals surface area contributed by atoms with E-state index >= 15 is 0 Å². The van der Waals surface area contributed by atoms with Crippen molar-refractivity contribution in [3.63, 3.8) is 0 Å². The maximum Gasteiger partial charge on any atom is 0.278 e. The molecule has 6 nitrogen and oxygen atoms in total. The number of fused-ring (bicyclic) bond motifs is 1. The highest BCUT2D eigenvalue weighted by atomic mass is 32.2. The highest BCUT2D eigenvalue weighted by Crippen LogP contribution is 2.20. The molecule has 2 N–H and O–H groups in total. The highest BCUT2D eigenvalue weighted by molar-refractivity contribution is 7.99. The van der Waals surface area contributed by atoms with Gasteiger partial charge in [0, 0.05) is 17.9 Å². The van der Waals surface area contributed by atoms with Gasteiger partial charge in [-0.3, -0.25) is 14.2 Å². The van der Waals surface area contributed by atoms with Crippen molar-refractivity contribution in [3.05, 3.63) is 51.4 Å². The second-order valence-electron chi connectivity index (χ2n) is 6.31. The fourth-order valence-corrected chi connectivity index (χ4v) is 3.65. The lowest BCUT2D eigenvalue weighted by molar-refractivity contribution is -0.113. The molecule has 0 bridgehead atoms. The van der Waals surface area contributed by atoms with Gasteiger partial charge in [0.25, 0.3) is 5.56 Å². The second kappa shape index (κ2) is 7.37. The van der Waals surface area contributed by atoms with E-state index in [1.807, 2.05) is 52.0 Å². The minimum atomic E-state index is -0.119. The lowest BCUT2D eigenvalue weighted by atomic mass is 10.1. The maximum atomic E-state index is 12.6. The lowest BCUT2D eigenvalue weighted by Gasteiger charge is -2.11. The molecular formula is C19H22N4O2S. The van der Waals surface area contributed by atoms with Crippen molar-refractivity contribution in [2.24, 2.45) is 0 Å². The zero-order valence-electron chi connectivity index (χ0n) is 15.3. The number of carbonyl (C=O) groups is 1. The minimum absolute atomic E-state index is 0.108. The Labute approximate surface area is 156 Å². The molecule has 0 spiro atoms. The SMILES string of the molecule is CCn1c(SCC(=O)Nc2cc(C)ccc2C)nc2cc(C)[nH]c2c1=O. The van der Waals surface area contributed by atoms with E-state index in [-0.39, 0.29) is 17.2 Å². The van der Waals surface area contributed by atoms with Crippen LogP contribution in [0.1, 0.15) is 23.7 Å². The monoisotopic (exact) mass is 370 g/mol. The Hall–Kier alpha value is -2.54. The Balaban J connectivity index is 1.79. The summed E-state index contributed by atoms with van der Waals surface area (Å²) in [5.41, 5.74) is 4.84. The number of hydrogen-bond acceptors (Lipinski definition) is 4. The van der Waals surface area contributed by atoms with Gasteiger partial charge in [0.05, 0.1) is 11.3 Å². The molecule has 3 rings (SSSR count). The van der Waals surface area contributed by atoms with Gasteiger partial charge < -0.3 is 10.3 Å². The first-order valence-corrected chi connectivity index (χ1v) is 9.47. The van der Waals surface area contributed by atoms with Gasteiger partial charge in [-0.25, -0.2) is 4.98 Å². The number of benzene rings is 1. The summed E-state index contributed by atoms with van der Waals surface area (Å²) < 4.78 is 1.59. The Morgan fingerprint density at radius 2 is 2.04 bits per heavy atom. The molecule has 26 heavy (non-hydrogen) atoms. The van der Waals surface area contributed by atoms with Gasteiger partial charge in [0.2, 0.25) is 5.91 Å². The number of aromatic nitrogens is 3. The molecule has 7 heteroatoms. The van der Waals surface area contributed by atoms with Gasteiger partial charge in [0.15, 0.2) is 5.16 Å². The third kappa shape index (κ3) is 3.67. The lowest BCUT2D eigenvalue weighted by Crippen LogP contribution is -2.23. The van der Waals surface area contributed by atoms with E-state index in [9.17, 15) is 9.59 Å². The Kier molecular flexibility index (Phi) is 5.18. The molecule has 0 atom stereocenters. The van der Waals surface area contributed by atoms with Crippen molar-refractivity contribution in [1.82, 2.24) is 14.5 Å². The van der Waals surface area contributed by atoms with Crippen molar-refractivity contribution in [3.8, 4) is 0 Å². The maximum absolute atomic E-state index is 12.6. The van der Waals surface area contributed by atoms with Crippen LogP contribution in [0.4, 0.5) is 5.69 Å². The molecule has 0 saturated carbocycles. The van der Waals surface area contributed by atoms with E-state index in [0.717, 1.165) is 22.5 Å². The van der Waals surface area contributed by atoms with Crippen LogP contribution in [0.2, 0.25) is 0 Å². The van der Waals surface area contributed by atoms with Crippen LogP contribution >= 0.6 is 11.8 Å². The predicted octanol–water partition coefficient (Wildman–Crippen LogP) is 3.40. The first kappa shape index (κ1) is 18.3. The second-order valence-corrected chi connectivity index (χ2v) is 7.25. The number of hydrogen-bond donors (Lipinski definition) is 2. The summed E-state index contributed by atoms with van der Waals surface area (Å²) in [6, 6.07) is 7.79. The Bertz CT molecular complexity index is 1040. The van der Waals surface area contributed by atoms with Crippen LogP contribution in [-0.4, -0.2) is 26.2 Å². The molecule has 0 aliphatic rings. The van der Waals surface area contributed by atoms with Crippen molar-refractivity contribution in [1.29, 1.82) is 0 Å². The number of anilines is 1. The third-order valence-corrected chi connectivity index (χ3v) is 5.13. The van der Waals surface area contributed by atoms with Crippen molar-refractivity contribution in [2.75, 3.05) is 11.1 Å². The van der Waals surface area contributed by atoms with Crippen LogP contribution in [0.25, 0.3) is 11.0 Å². The number of thioether (sulfide) groups is 1. The molecular weight excluding hydrogens is 348 g/mol. The van der Waals surface area contributed by atoms with Crippen LogP contribution in [0.3, 0.4) is 0 Å².